The summed E-state index contributed by atoms with van der Waals surface area (Å²) in [7, 11) is 0. The van der Waals surface area contributed by atoms with Gasteiger partial charge in [0.05, 0.1) is 11.1 Å². The summed E-state index contributed by atoms with van der Waals surface area (Å²) < 4.78 is 21.4. The van der Waals surface area contributed by atoms with E-state index < -0.39 is 0 Å². The molecule has 0 aliphatic carbocycles. The Morgan fingerprint density at radius 1 is 0.592 bits per heavy atom. The van der Waals surface area contributed by atoms with E-state index in [2.05, 4.69) is 67.1 Å². The van der Waals surface area contributed by atoms with Gasteiger partial charge in [-0.05, 0) is 57.3 Å². The zero-order valence-electron chi connectivity index (χ0n) is 27.4. The van der Waals surface area contributed by atoms with Crippen LogP contribution in [0.3, 0.4) is 0 Å². The average molecular weight is 817 g/mol. The van der Waals surface area contributed by atoms with E-state index in [-0.39, 0.29) is 31.3 Å². The van der Waals surface area contributed by atoms with Gasteiger partial charge in [-0.15, -0.1) is 54.1 Å². The minimum atomic E-state index is -0.313. The van der Waals surface area contributed by atoms with Crippen molar-refractivity contribution in [2.75, 3.05) is 0 Å². The molecule has 0 N–H and O–H groups in total. The molecule has 0 spiro atoms. The maximum atomic E-state index is 15.1. The van der Waals surface area contributed by atoms with Crippen molar-refractivity contribution in [2.45, 2.75) is 26.2 Å². The molecule has 0 fully saturated rings. The van der Waals surface area contributed by atoms with Crippen LogP contribution in [0.4, 0.5) is 4.39 Å². The van der Waals surface area contributed by atoms with Gasteiger partial charge in [-0.1, -0.05) is 111 Å². The predicted molar refractivity (Wildman–Crippen MR) is 194 cm³/mol. The Morgan fingerprint density at radius 2 is 1.31 bits per heavy atom. The minimum Gasteiger partial charge on any atom is -0.500 e. The van der Waals surface area contributed by atoms with Crippen LogP contribution in [-0.2, 0) is 25.5 Å². The molecule has 0 saturated carbocycles. The first-order valence-electron chi connectivity index (χ1n) is 15.9. The number of aromatic nitrogens is 2. The minimum absolute atomic E-state index is 0. The van der Waals surface area contributed by atoms with Crippen molar-refractivity contribution < 1.29 is 28.9 Å². The number of furan rings is 1. The number of nitrogens with zero attached hydrogens (tertiary/aromatic N) is 2. The van der Waals surface area contributed by atoms with Gasteiger partial charge in [0.15, 0.2) is 0 Å². The second kappa shape index (κ2) is 14.5. The third-order valence-electron chi connectivity index (χ3n) is 8.37. The molecule has 3 heterocycles. The second-order valence-electron chi connectivity index (χ2n) is 12.6. The number of benzene rings is 5. The third kappa shape index (κ3) is 7.15. The number of rotatable bonds is 4. The summed E-state index contributed by atoms with van der Waals surface area (Å²) in [5.74, 6) is -0.313. The van der Waals surface area contributed by atoms with Gasteiger partial charge in [0.25, 0.3) is 0 Å². The van der Waals surface area contributed by atoms with E-state index in [1.165, 1.54) is 11.6 Å². The molecule has 5 heteroatoms. The van der Waals surface area contributed by atoms with E-state index in [9.17, 15) is 0 Å². The first kappa shape index (κ1) is 33.7. The molecule has 0 aliphatic heterocycles. The Labute approximate surface area is 299 Å². The smallest absolute Gasteiger partial charge is 0.134 e. The van der Waals surface area contributed by atoms with Crippen LogP contribution in [0.25, 0.3) is 66.7 Å². The first-order chi connectivity index (χ1) is 23.4. The molecule has 243 valence electrons. The van der Waals surface area contributed by atoms with Gasteiger partial charge in [0, 0.05) is 37.9 Å². The molecule has 5 aromatic carbocycles. The number of fused-ring (bicyclic) bond motifs is 3. The summed E-state index contributed by atoms with van der Waals surface area (Å²) in [5.41, 5.74) is 9.61. The Morgan fingerprint density at radius 3 is 1.98 bits per heavy atom. The van der Waals surface area contributed by atoms with Crippen LogP contribution in [0.5, 0.6) is 0 Å². The molecule has 8 rings (SSSR count). The molecule has 3 nitrogen and oxygen atoms in total. The standard InChI is InChI=1S/C29H17FNO.C15H16N.Ir/c30-25-17-16-23-22-9-6-10-24(26-11-4-5-18-31-26)28(22)32-29(23)27(25)21-14-12-20(13-15-21)19-7-2-1-3-8-19;1-15(2,3)13-9-10-14(16-11-13)12-7-5-4-6-8-12;/h1-9,11-18H;4-7,9-11H,1-3H3;/q2*-1;. The number of halogens is 1. The van der Waals surface area contributed by atoms with Crippen LogP contribution in [0.2, 0.25) is 0 Å². The molecule has 0 amide bonds. The van der Waals surface area contributed by atoms with E-state index >= 15 is 4.39 Å². The molecule has 8 aromatic rings. The van der Waals surface area contributed by atoms with Crippen molar-refractivity contribution in [1.29, 1.82) is 0 Å². The van der Waals surface area contributed by atoms with Gasteiger partial charge in [0.1, 0.15) is 11.4 Å². The van der Waals surface area contributed by atoms with Crippen molar-refractivity contribution in [1.82, 2.24) is 9.97 Å². The Hall–Kier alpha value is -5.22. The SMILES string of the molecule is CC(C)(C)c1ccc(-c2[c-]cccc2)nc1.Fc1ccc2c(oc3c(-c4ccccn4)[c-]ccc32)c1-c1ccc(-c2ccccc2)cc1.[Ir]. The number of pyridine rings is 2. The zero-order chi connectivity index (χ0) is 33.1. The van der Waals surface area contributed by atoms with E-state index in [0.717, 1.165) is 50.0 Å². The van der Waals surface area contributed by atoms with Gasteiger partial charge in [-0.3, -0.25) is 0 Å². The summed E-state index contributed by atoms with van der Waals surface area (Å²) >= 11 is 0. The quantitative estimate of drug-likeness (QED) is 0.166. The average Bonchev–Trinajstić information content (AvgIpc) is 3.51. The zero-order valence-corrected chi connectivity index (χ0v) is 29.8. The molecule has 0 aliphatic rings. The van der Waals surface area contributed by atoms with E-state index in [0.29, 0.717) is 16.7 Å². The molecule has 0 bridgehead atoms. The largest absolute Gasteiger partial charge is 0.500 e. The molecule has 0 atom stereocenters. The number of hydrogen-bond acceptors (Lipinski definition) is 3. The molecule has 49 heavy (non-hydrogen) atoms. The fourth-order valence-corrected chi connectivity index (χ4v) is 5.76. The number of hydrogen-bond donors (Lipinski definition) is 0. The van der Waals surface area contributed by atoms with Crippen LogP contribution in [0, 0.1) is 17.9 Å². The van der Waals surface area contributed by atoms with Crippen molar-refractivity contribution >= 4 is 21.9 Å². The maximum absolute atomic E-state index is 15.1. The van der Waals surface area contributed by atoms with Crippen LogP contribution >= 0.6 is 0 Å². The van der Waals surface area contributed by atoms with Crippen LogP contribution in [0.15, 0.2) is 150 Å². The summed E-state index contributed by atoms with van der Waals surface area (Å²) in [6.07, 6.45) is 3.69. The van der Waals surface area contributed by atoms with Gasteiger partial charge < -0.3 is 14.4 Å². The summed E-state index contributed by atoms with van der Waals surface area (Å²) in [4.78, 5) is 8.92. The summed E-state index contributed by atoms with van der Waals surface area (Å²) in [6.45, 7) is 6.58. The maximum Gasteiger partial charge on any atom is 0.134 e. The first-order valence-corrected chi connectivity index (χ1v) is 15.9. The molecule has 0 unspecified atom stereocenters. The van der Waals surface area contributed by atoms with Crippen LogP contribution in [0.1, 0.15) is 26.3 Å². The predicted octanol–water partition coefficient (Wildman–Crippen LogP) is 11.8. The Balaban J connectivity index is 0.000000208. The van der Waals surface area contributed by atoms with Crippen molar-refractivity contribution in [3.8, 4) is 44.8 Å². The van der Waals surface area contributed by atoms with Crippen molar-refractivity contribution in [2.24, 2.45) is 0 Å². The second-order valence-corrected chi connectivity index (χ2v) is 12.6. The summed E-state index contributed by atoms with van der Waals surface area (Å²) in [6, 6.07) is 49.4. The van der Waals surface area contributed by atoms with Gasteiger partial charge >= 0.3 is 0 Å². The van der Waals surface area contributed by atoms with Crippen LogP contribution < -0.4 is 0 Å². The van der Waals surface area contributed by atoms with E-state index in [1.54, 1.807) is 12.3 Å². The van der Waals surface area contributed by atoms with Gasteiger partial charge in [-0.25, -0.2) is 4.39 Å². The molecule has 3 aromatic heterocycles. The summed E-state index contributed by atoms with van der Waals surface area (Å²) in [5, 5.41) is 1.79. The van der Waals surface area contributed by atoms with E-state index in [1.807, 2.05) is 103 Å². The Kier molecular flexibility index (Phi) is 9.96. The van der Waals surface area contributed by atoms with Gasteiger partial charge in [0.2, 0.25) is 0 Å². The molecular weight excluding hydrogens is 784 g/mol. The fourth-order valence-electron chi connectivity index (χ4n) is 5.76. The topological polar surface area (TPSA) is 38.9 Å². The molecule has 1 radical (unpaired) electrons. The van der Waals surface area contributed by atoms with Crippen molar-refractivity contribution in [3.63, 3.8) is 0 Å². The third-order valence-corrected chi connectivity index (χ3v) is 8.37. The van der Waals surface area contributed by atoms with Crippen LogP contribution in [-0.4, -0.2) is 9.97 Å². The molecule has 0 saturated heterocycles. The van der Waals surface area contributed by atoms with E-state index in [4.69, 9.17) is 4.42 Å². The fraction of sp³-hybridized carbons (Fsp3) is 0.0909. The van der Waals surface area contributed by atoms with Crippen molar-refractivity contribution in [3.05, 3.63) is 169 Å². The molecular formula is C44H33FIrN2O-2. The monoisotopic (exact) mass is 817 g/mol. The normalized spacial score (nSPS) is 11.1. The Bertz CT molecular complexity index is 2300. The van der Waals surface area contributed by atoms with Gasteiger partial charge in [-0.2, -0.15) is 0 Å².